The standard InChI is InChI=1S/C11H18F3N3O2/c12-11(13,14)7-16-1-3-17(4-2-16)10(19)9-5-8(18)6-15-9/h8-9,15,18H,1-7H2/t8-,9-/m0/s1. The number of β-amino-alcohol motifs (C(OH)–C–C–N with tert-alkyl or cyclic N) is 1. The number of alkyl halides is 3. The van der Waals surface area contributed by atoms with Gasteiger partial charge in [0.25, 0.3) is 0 Å². The summed E-state index contributed by atoms with van der Waals surface area (Å²) < 4.78 is 36.7. The Balaban J connectivity index is 1.78. The topological polar surface area (TPSA) is 55.8 Å². The second-order valence-corrected chi connectivity index (χ2v) is 5.07. The number of aliphatic hydroxyl groups excluding tert-OH is 1. The molecule has 5 nitrogen and oxygen atoms in total. The molecule has 2 saturated heterocycles. The molecule has 0 saturated carbocycles. The molecule has 2 fully saturated rings. The number of nitrogens with zero attached hydrogens (tertiary/aromatic N) is 2. The molecule has 2 rings (SSSR count). The zero-order valence-corrected chi connectivity index (χ0v) is 10.5. The van der Waals surface area contributed by atoms with E-state index >= 15 is 0 Å². The van der Waals surface area contributed by atoms with Gasteiger partial charge in [0, 0.05) is 32.7 Å². The van der Waals surface area contributed by atoms with E-state index in [-0.39, 0.29) is 19.0 Å². The molecule has 1 amide bonds. The Hall–Kier alpha value is -0.860. The first kappa shape index (κ1) is 14.5. The number of halogens is 3. The third-order valence-corrected chi connectivity index (χ3v) is 3.49. The molecule has 0 spiro atoms. The van der Waals surface area contributed by atoms with Crippen LogP contribution in [0.3, 0.4) is 0 Å². The number of hydrogen-bond donors (Lipinski definition) is 2. The predicted molar refractivity (Wildman–Crippen MR) is 61.5 cm³/mol. The Bertz CT molecular complexity index is 330. The highest BCUT2D eigenvalue weighted by Gasteiger charge is 2.35. The number of carbonyl (C=O) groups excluding carboxylic acids is 1. The number of hydrogen-bond acceptors (Lipinski definition) is 4. The van der Waals surface area contributed by atoms with Crippen LogP contribution in [-0.2, 0) is 4.79 Å². The molecule has 19 heavy (non-hydrogen) atoms. The van der Waals surface area contributed by atoms with E-state index < -0.39 is 24.9 Å². The van der Waals surface area contributed by atoms with Gasteiger partial charge in [-0.1, -0.05) is 0 Å². The quantitative estimate of drug-likeness (QED) is 0.711. The molecule has 8 heteroatoms. The van der Waals surface area contributed by atoms with Crippen molar-refractivity contribution in [3.8, 4) is 0 Å². The van der Waals surface area contributed by atoms with Crippen LogP contribution in [0.4, 0.5) is 13.2 Å². The lowest BCUT2D eigenvalue weighted by atomic mass is 10.1. The van der Waals surface area contributed by atoms with Crippen molar-refractivity contribution in [1.29, 1.82) is 0 Å². The van der Waals surface area contributed by atoms with Gasteiger partial charge >= 0.3 is 6.18 Å². The smallest absolute Gasteiger partial charge is 0.392 e. The van der Waals surface area contributed by atoms with Crippen molar-refractivity contribution in [3.05, 3.63) is 0 Å². The van der Waals surface area contributed by atoms with E-state index in [1.54, 1.807) is 4.90 Å². The van der Waals surface area contributed by atoms with Gasteiger partial charge in [-0.05, 0) is 6.42 Å². The average Bonchev–Trinajstić information content (AvgIpc) is 2.74. The zero-order chi connectivity index (χ0) is 14.0. The summed E-state index contributed by atoms with van der Waals surface area (Å²) in [6, 6.07) is -0.399. The number of carbonyl (C=O) groups is 1. The number of rotatable bonds is 2. The molecule has 2 N–H and O–H groups in total. The molecule has 2 heterocycles. The minimum absolute atomic E-state index is 0.122. The van der Waals surface area contributed by atoms with E-state index in [9.17, 15) is 23.1 Å². The van der Waals surface area contributed by atoms with Crippen molar-refractivity contribution < 1.29 is 23.1 Å². The largest absolute Gasteiger partial charge is 0.401 e. The maximum absolute atomic E-state index is 12.2. The van der Waals surface area contributed by atoms with Crippen molar-refractivity contribution in [3.63, 3.8) is 0 Å². The van der Waals surface area contributed by atoms with Crippen LogP contribution >= 0.6 is 0 Å². The maximum atomic E-state index is 12.2. The van der Waals surface area contributed by atoms with Gasteiger partial charge in [-0.15, -0.1) is 0 Å². The fourth-order valence-corrected chi connectivity index (χ4v) is 2.51. The summed E-state index contributed by atoms with van der Waals surface area (Å²) in [4.78, 5) is 14.9. The van der Waals surface area contributed by atoms with Crippen LogP contribution in [0.1, 0.15) is 6.42 Å². The van der Waals surface area contributed by atoms with Gasteiger partial charge in [-0.3, -0.25) is 9.69 Å². The lowest BCUT2D eigenvalue weighted by molar-refractivity contribution is -0.152. The Morgan fingerprint density at radius 1 is 1.26 bits per heavy atom. The van der Waals surface area contributed by atoms with E-state index in [1.165, 1.54) is 4.90 Å². The first-order valence-corrected chi connectivity index (χ1v) is 6.34. The summed E-state index contributed by atoms with van der Waals surface area (Å²) in [5.74, 6) is -0.122. The van der Waals surface area contributed by atoms with Crippen LogP contribution in [0.5, 0.6) is 0 Å². The van der Waals surface area contributed by atoms with Crippen molar-refractivity contribution in [1.82, 2.24) is 15.1 Å². The van der Waals surface area contributed by atoms with Crippen LogP contribution in [0.25, 0.3) is 0 Å². The Morgan fingerprint density at radius 3 is 2.37 bits per heavy atom. The molecule has 2 aliphatic heterocycles. The van der Waals surface area contributed by atoms with Gasteiger partial charge < -0.3 is 15.3 Å². The van der Waals surface area contributed by atoms with Crippen LogP contribution in [0.15, 0.2) is 0 Å². The molecule has 0 aromatic carbocycles. The Kier molecular flexibility index (Phi) is 4.32. The number of aliphatic hydroxyl groups is 1. The molecule has 0 aromatic heterocycles. The minimum Gasteiger partial charge on any atom is -0.392 e. The number of piperazine rings is 1. The maximum Gasteiger partial charge on any atom is 0.401 e. The van der Waals surface area contributed by atoms with Gasteiger partial charge in [-0.25, -0.2) is 0 Å². The zero-order valence-electron chi connectivity index (χ0n) is 10.5. The molecule has 2 atom stereocenters. The third-order valence-electron chi connectivity index (χ3n) is 3.49. The lowest BCUT2D eigenvalue weighted by Gasteiger charge is -2.36. The molecule has 110 valence electrons. The summed E-state index contributed by atoms with van der Waals surface area (Å²) in [5.41, 5.74) is 0. The first-order chi connectivity index (χ1) is 8.85. The fourth-order valence-electron chi connectivity index (χ4n) is 2.51. The Morgan fingerprint density at radius 2 is 1.89 bits per heavy atom. The van der Waals surface area contributed by atoms with Gasteiger partial charge in [0.2, 0.25) is 5.91 Å². The fraction of sp³-hybridized carbons (Fsp3) is 0.909. The average molecular weight is 281 g/mol. The first-order valence-electron chi connectivity index (χ1n) is 6.34. The highest BCUT2D eigenvalue weighted by Crippen LogP contribution is 2.18. The SMILES string of the molecule is O=C([C@@H]1C[C@H](O)CN1)N1CCN(CC(F)(F)F)CC1. The van der Waals surface area contributed by atoms with E-state index in [0.717, 1.165) is 0 Å². The lowest BCUT2D eigenvalue weighted by Crippen LogP contribution is -2.54. The minimum atomic E-state index is -4.19. The summed E-state index contributed by atoms with van der Waals surface area (Å²) >= 11 is 0. The molecule has 2 aliphatic rings. The third kappa shape index (κ3) is 4.05. The summed E-state index contributed by atoms with van der Waals surface area (Å²) in [6.07, 6.45) is -4.33. The monoisotopic (exact) mass is 281 g/mol. The van der Waals surface area contributed by atoms with Gasteiger partial charge in [0.1, 0.15) is 0 Å². The van der Waals surface area contributed by atoms with E-state index in [2.05, 4.69) is 5.32 Å². The molecule has 0 aromatic rings. The van der Waals surface area contributed by atoms with Crippen LogP contribution < -0.4 is 5.32 Å². The van der Waals surface area contributed by atoms with Gasteiger partial charge in [0.05, 0.1) is 18.7 Å². The van der Waals surface area contributed by atoms with E-state index in [4.69, 9.17) is 0 Å². The highest BCUT2D eigenvalue weighted by molar-refractivity contribution is 5.82. The van der Waals surface area contributed by atoms with Crippen molar-refractivity contribution in [2.75, 3.05) is 39.3 Å². The predicted octanol–water partition coefficient (Wildman–Crippen LogP) is -0.584. The molecule has 0 bridgehead atoms. The molecular formula is C11H18F3N3O2. The summed E-state index contributed by atoms with van der Waals surface area (Å²) in [7, 11) is 0. The highest BCUT2D eigenvalue weighted by atomic mass is 19.4. The van der Waals surface area contributed by atoms with Gasteiger partial charge in [0.15, 0.2) is 0 Å². The summed E-state index contributed by atoms with van der Waals surface area (Å²) in [5, 5.41) is 12.3. The number of nitrogens with one attached hydrogen (secondary N) is 1. The summed E-state index contributed by atoms with van der Waals surface area (Å²) in [6.45, 7) is 0.563. The number of amides is 1. The van der Waals surface area contributed by atoms with E-state index in [1.807, 2.05) is 0 Å². The molecule has 0 unspecified atom stereocenters. The van der Waals surface area contributed by atoms with E-state index in [0.29, 0.717) is 26.1 Å². The van der Waals surface area contributed by atoms with Gasteiger partial charge in [-0.2, -0.15) is 13.2 Å². The normalized spacial score (nSPS) is 29.8. The second kappa shape index (κ2) is 5.64. The van der Waals surface area contributed by atoms with Crippen LogP contribution in [0, 0.1) is 0 Å². The van der Waals surface area contributed by atoms with Crippen LogP contribution in [-0.4, -0.2) is 78.4 Å². The van der Waals surface area contributed by atoms with Crippen molar-refractivity contribution >= 4 is 5.91 Å². The Labute approximate surface area is 109 Å². The molecule has 0 radical (unpaired) electrons. The van der Waals surface area contributed by atoms with Crippen molar-refractivity contribution in [2.45, 2.75) is 24.7 Å². The molecular weight excluding hydrogens is 263 g/mol. The van der Waals surface area contributed by atoms with Crippen molar-refractivity contribution in [2.24, 2.45) is 0 Å². The van der Waals surface area contributed by atoms with Crippen LogP contribution in [0.2, 0.25) is 0 Å². The molecule has 0 aliphatic carbocycles. The second-order valence-electron chi connectivity index (χ2n) is 5.07.